The number of aliphatic hydroxyl groups excluding tert-OH is 9. The van der Waals surface area contributed by atoms with Crippen LogP contribution in [0.15, 0.2) is 59.0 Å². The topological polar surface area (TPSA) is 355 Å². The van der Waals surface area contributed by atoms with Crippen LogP contribution >= 0.6 is 0 Å². The molecule has 24 nitrogen and oxygen atoms in total. The van der Waals surface area contributed by atoms with Crippen LogP contribution in [0.1, 0.15) is 72.1 Å². The highest BCUT2D eigenvalue weighted by Crippen LogP contribution is 2.42. The minimum atomic E-state index is -1.87. The minimum absolute atomic E-state index is 0.0998. The van der Waals surface area contributed by atoms with E-state index >= 15 is 0 Å². The van der Waals surface area contributed by atoms with Crippen LogP contribution in [0, 0.1) is 0 Å². The molecule has 0 saturated carbocycles. The maximum Gasteiger partial charge on any atom is 0.251 e. The van der Waals surface area contributed by atoms with Crippen LogP contribution in [0.3, 0.4) is 0 Å². The van der Waals surface area contributed by atoms with E-state index in [-0.39, 0.29) is 49.6 Å². The van der Waals surface area contributed by atoms with Gasteiger partial charge in [-0.2, -0.15) is 0 Å². The van der Waals surface area contributed by atoms with Gasteiger partial charge in [-0.05, 0) is 48.7 Å². The van der Waals surface area contributed by atoms with Crippen LogP contribution in [0.4, 0.5) is 5.69 Å². The van der Waals surface area contributed by atoms with E-state index in [0.717, 1.165) is 36.7 Å². The van der Waals surface area contributed by atoms with Crippen molar-refractivity contribution in [2.45, 2.75) is 137 Å². The van der Waals surface area contributed by atoms with E-state index in [2.05, 4.69) is 10.6 Å². The lowest BCUT2D eigenvalue weighted by atomic mass is 9.89. The zero-order chi connectivity index (χ0) is 56.4. The first-order valence-corrected chi connectivity index (χ1v) is 26.2. The van der Waals surface area contributed by atoms with Crippen molar-refractivity contribution >= 4 is 34.4 Å². The number of carboxylic acids is 1. The number of ether oxygens (including phenoxy) is 6. The van der Waals surface area contributed by atoms with Crippen molar-refractivity contribution in [1.82, 2.24) is 15.2 Å². The second-order valence-electron chi connectivity index (χ2n) is 20.2. The first-order chi connectivity index (χ1) is 37.3. The molecule has 3 fully saturated rings. The molecule has 0 bridgehead atoms. The van der Waals surface area contributed by atoms with Crippen molar-refractivity contribution in [3.8, 4) is 22.5 Å². The standard InChI is InChI=1S/C54H74N4O20/c1-57(2)29-13-16-33-37(22-29)74-38-23-30(58(3)4)14-17-34(38)42(33)32-15-12-28(21-35(32)51(70)71)50(69)56-19-18-55-41(63)11-9-7-5-6-8-10-20-72-52-46(67)45(66)48(40(27-61)76-52)77-54-47(68)49(44(65)39(26-60)75-54)78-53-43(64)36(62)24-31(25-59)73-53/h12-17,21-23,31,36,39-40,43-49,52-54,59-62,64-68H,5-11,18-20,24-27H2,1-4H3,(H2-,55,56,63,69,70,71)/t31-,36-,39+,40+,43+,44-,45+,46+,47+,48+,49-,52+,53+,54-/m0/s1. The summed E-state index contributed by atoms with van der Waals surface area (Å²) in [6, 6.07) is 15.8. The van der Waals surface area contributed by atoms with Crippen LogP contribution in [0.5, 0.6) is 0 Å². The first kappa shape index (κ1) is 60.4. The Labute approximate surface area is 450 Å². The molecule has 4 aliphatic heterocycles. The number of benzene rings is 3. The highest BCUT2D eigenvalue weighted by molar-refractivity contribution is 6.09. The molecule has 3 saturated heterocycles. The number of hydrogen-bond donors (Lipinski definition) is 11. The molecular formula is C54H74N4O20. The SMILES string of the molecule is CN(C)c1ccc2c(-c3ccc(C(=O)NCCNC(=O)CCCCCCCCO[C@@H]4O[C@H](CO)[C@@H](O[C@@H]5O[C@H](CO)[C@H](O)[C@H](O[C@H]6O[C@H](CO)C[C@H](O)[C@H]6O)[C@H]5O)[C@H](O)[C@H]4O)cc3C(=O)[O-])c3ccc(=[N+](C)C)cc-3oc2c1. The van der Waals surface area contributed by atoms with Crippen LogP contribution in [0.2, 0.25) is 0 Å². The Morgan fingerprint density at radius 3 is 2.05 bits per heavy atom. The van der Waals surface area contributed by atoms with E-state index in [1.165, 1.54) is 6.07 Å². The normalized spacial score (nSPS) is 28.4. The zero-order valence-corrected chi connectivity index (χ0v) is 44.1. The van der Waals surface area contributed by atoms with E-state index in [1.54, 1.807) is 12.1 Å². The molecule has 4 heterocycles. The van der Waals surface area contributed by atoms with E-state index in [0.29, 0.717) is 46.3 Å². The predicted molar refractivity (Wildman–Crippen MR) is 275 cm³/mol. The summed E-state index contributed by atoms with van der Waals surface area (Å²) in [6.45, 7) is -1.67. The van der Waals surface area contributed by atoms with E-state index in [4.69, 9.17) is 32.8 Å². The first-order valence-electron chi connectivity index (χ1n) is 26.2. The van der Waals surface area contributed by atoms with Gasteiger partial charge in [-0.3, -0.25) is 9.59 Å². The highest BCUT2D eigenvalue weighted by Gasteiger charge is 2.53. The number of hydrogen-bond acceptors (Lipinski definition) is 21. The van der Waals surface area contributed by atoms with Crippen molar-refractivity contribution in [3.05, 3.63) is 71.1 Å². The Morgan fingerprint density at radius 2 is 1.36 bits per heavy atom. The van der Waals surface area contributed by atoms with Crippen molar-refractivity contribution < 1.29 is 98.3 Å². The summed E-state index contributed by atoms with van der Waals surface area (Å²) in [5.41, 5.74) is 3.05. The molecule has 2 amide bonds. The molecule has 430 valence electrons. The van der Waals surface area contributed by atoms with Gasteiger partial charge in [-0.25, -0.2) is 4.58 Å². The summed E-state index contributed by atoms with van der Waals surface area (Å²) < 4.78 is 42.2. The fourth-order valence-corrected chi connectivity index (χ4v) is 9.79. The summed E-state index contributed by atoms with van der Waals surface area (Å²) in [4.78, 5) is 40.5. The Kier molecular flexibility index (Phi) is 21.5. The molecule has 7 rings (SSSR count). The number of carbonyl (C=O) groups excluding carboxylic acids is 3. The van der Waals surface area contributed by atoms with Gasteiger partial charge in [0.1, 0.15) is 80.4 Å². The Hall–Kier alpha value is -5.26. The maximum atomic E-state index is 13.2. The molecule has 5 aliphatic rings. The van der Waals surface area contributed by atoms with Gasteiger partial charge < -0.3 is 104 Å². The number of rotatable bonds is 24. The van der Waals surface area contributed by atoms with Crippen LogP contribution in [-0.4, -0.2) is 217 Å². The lowest BCUT2D eigenvalue weighted by Crippen LogP contribution is -2.66. The molecule has 0 radical (unpaired) electrons. The van der Waals surface area contributed by atoms with Gasteiger partial charge in [-0.15, -0.1) is 0 Å². The summed E-state index contributed by atoms with van der Waals surface area (Å²) in [5.74, 6) is -1.61. The van der Waals surface area contributed by atoms with Gasteiger partial charge in [0.25, 0.3) is 5.91 Å². The number of aliphatic hydroxyl groups is 9. The number of fused-ring (bicyclic) bond motifs is 2. The largest absolute Gasteiger partial charge is 0.545 e. The van der Waals surface area contributed by atoms with E-state index < -0.39 is 118 Å². The van der Waals surface area contributed by atoms with Gasteiger partial charge in [-0.1, -0.05) is 31.7 Å². The van der Waals surface area contributed by atoms with Crippen molar-refractivity contribution in [2.24, 2.45) is 0 Å². The maximum absolute atomic E-state index is 13.2. The number of nitrogens with one attached hydrogen (secondary N) is 2. The molecule has 1 aliphatic carbocycles. The molecule has 11 N–H and O–H groups in total. The van der Waals surface area contributed by atoms with E-state index in [9.17, 15) is 65.4 Å². The molecule has 0 unspecified atom stereocenters. The number of anilines is 1. The molecule has 14 atom stereocenters. The highest BCUT2D eigenvalue weighted by atomic mass is 16.8. The third kappa shape index (κ3) is 14.4. The number of carbonyl (C=O) groups is 3. The average Bonchev–Trinajstić information content (AvgIpc) is 3.63. The second-order valence-corrected chi connectivity index (χ2v) is 20.2. The fraction of sp³-hybridized carbons (Fsp3) is 0.593. The lowest BCUT2D eigenvalue weighted by Gasteiger charge is -2.47. The molecule has 2 aromatic rings. The van der Waals surface area contributed by atoms with Gasteiger partial charge in [0.15, 0.2) is 18.9 Å². The third-order valence-corrected chi connectivity index (χ3v) is 14.2. The Bertz CT molecular complexity index is 2680. The van der Waals surface area contributed by atoms with Crippen molar-refractivity contribution in [1.29, 1.82) is 0 Å². The monoisotopic (exact) mass is 1100 g/mol. The predicted octanol–water partition coefficient (Wildman–Crippen LogP) is -2.26. The fourth-order valence-electron chi connectivity index (χ4n) is 9.79. The number of unbranched alkanes of at least 4 members (excludes halogenated alkanes) is 5. The Balaban J connectivity index is 0.804. The molecular weight excluding hydrogens is 1020 g/mol. The molecule has 0 aromatic heterocycles. The third-order valence-electron chi connectivity index (χ3n) is 14.2. The van der Waals surface area contributed by atoms with Crippen molar-refractivity contribution in [2.75, 3.05) is 72.6 Å². The van der Waals surface area contributed by atoms with Crippen LogP contribution in [-0.2, 0) is 33.2 Å². The van der Waals surface area contributed by atoms with Crippen molar-refractivity contribution in [3.63, 3.8) is 0 Å². The molecule has 2 aromatic carbocycles. The average molecular weight is 1100 g/mol. The van der Waals surface area contributed by atoms with Crippen LogP contribution in [0.25, 0.3) is 33.4 Å². The molecule has 78 heavy (non-hydrogen) atoms. The van der Waals surface area contributed by atoms with Gasteiger partial charge in [0.2, 0.25) is 11.3 Å². The summed E-state index contributed by atoms with van der Waals surface area (Å²) in [6.07, 6.45) is -17.2. The number of carboxylic acid groups (broad SMARTS) is 1. The minimum Gasteiger partial charge on any atom is -0.545 e. The summed E-state index contributed by atoms with van der Waals surface area (Å²) in [7, 11) is 7.64. The van der Waals surface area contributed by atoms with Gasteiger partial charge in [0, 0.05) is 92.1 Å². The Morgan fingerprint density at radius 1 is 0.692 bits per heavy atom. The van der Waals surface area contributed by atoms with Gasteiger partial charge in [0.05, 0.1) is 44.1 Å². The summed E-state index contributed by atoms with van der Waals surface area (Å²) in [5, 5.41) is 114. The van der Waals surface area contributed by atoms with E-state index in [1.807, 2.05) is 74.1 Å². The summed E-state index contributed by atoms with van der Waals surface area (Å²) >= 11 is 0. The number of nitrogens with zero attached hydrogens (tertiary/aromatic N) is 2. The molecule has 24 heteroatoms. The van der Waals surface area contributed by atoms with Crippen LogP contribution < -0.4 is 30.6 Å². The second kappa shape index (κ2) is 27.8. The molecule has 0 spiro atoms. The quantitative estimate of drug-likeness (QED) is 0.0200. The number of amides is 2. The lowest BCUT2D eigenvalue weighted by molar-refractivity contribution is -0.376. The number of aromatic carboxylic acids is 1. The van der Waals surface area contributed by atoms with Gasteiger partial charge >= 0.3 is 0 Å². The zero-order valence-electron chi connectivity index (χ0n) is 44.1. The smallest absolute Gasteiger partial charge is 0.251 e.